The molecule has 32 heavy (non-hydrogen) atoms. The first-order chi connectivity index (χ1) is 15.4. The summed E-state index contributed by atoms with van der Waals surface area (Å²) in [6.07, 6.45) is 4.18. The van der Waals surface area contributed by atoms with Crippen LogP contribution in [0.25, 0.3) is 11.3 Å². The fraction of sp³-hybridized carbons (Fsp3) is 0.261. The number of nitrogens with zero attached hydrogens (tertiary/aromatic N) is 2. The first-order valence-electron chi connectivity index (χ1n) is 10.2. The van der Waals surface area contributed by atoms with Crippen molar-refractivity contribution in [3.05, 3.63) is 76.2 Å². The van der Waals surface area contributed by atoms with E-state index in [4.69, 9.17) is 11.6 Å². The van der Waals surface area contributed by atoms with E-state index in [0.29, 0.717) is 22.8 Å². The summed E-state index contributed by atoms with van der Waals surface area (Å²) in [5.74, 6) is -2.79. The van der Waals surface area contributed by atoms with Crippen LogP contribution in [-0.4, -0.2) is 28.0 Å². The van der Waals surface area contributed by atoms with Crippen molar-refractivity contribution in [2.45, 2.75) is 38.1 Å². The fourth-order valence-electron chi connectivity index (χ4n) is 3.70. The number of aliphatic imine (C=N–C) groups is 1. The number of hydrogen-bond donors (Lipinski definition) is 2. The molecule has 1 aliphatic carbocycles. The van der Waals surface area contributed by atoms with Crippen LogP contribution in [0.15, 0.2) is 47.5 Å². The molecule has 0 bridgehead atoms. The van der Waals surface area contributed by atoms with Gasteiger partial charge < -0.3 is 5.32 Å². The molecule has 1 aliphatic rings. The van der Waals surface area contributed by atoms with Gasteiger partial charge in [-0.3, -0.25) is 14.9 Å². The van der Waals surface area contributed by atoms with Gasteiger partial charge in [0, 0.05) is 28.3 Å². The van der Waals surface area contributed by atoms with Crippen LogP contribution in [-0.2, 0) is 6.42 Å². The molecule has 5 nitrogen and oxygen atoms in total. The summed E-state index contributed by atoms with van der Waals surface area (Å²) in [5.41, 5.74) is 1.64. The normalized spacial score (nSPS) is 14.7. The molecule has 166 valence electrons. The summed E-state index contributed by atoms with van der Waals surface area (Å²) < 4.78 is 40.4. The summed E-state index contributed by atoms with van der Waals surface area (Å²) >= 11 is 5.93. The lowest BCUT2D eigenvalue weighted by Crippen LogP contribution is -2.33. The van der Waals surface area contributed by atoms with Gasteiger partial charge in [-0.05, 0) is 55.3 Å². The summed E-state index contributed by atoms with van der Waals surface area (Å²) in [4.78, 5) is 17.3. The van der Waals surface area contributed by atoms with Crippen LogP contribution in [0.3, 0.4) is 0 Å². The number of rotatable bonds is 5. The highest BCUT2D eigenvalue weighted by Crippen LogP contribution is 2.24. The molecule has 1 aromatic heterocycles. The zero-order chi connectivity index (χ0) is 22.7. The molecule has 1 heterocycles. The van der Waals surface area contributed by atoms with Gasteiger partial charge in [-0.2, -0.15) is 5.10 Å². The van der Waals surface area contributed by atoms with Gasteiger partial charge in [-0.25, -0.2) is 13.2 Å². The number of aromatic nitrogens is 2. The van der Waals surface area contributed by atoms with Crippen molar-refractivity contribution >= 4 is 23.3 Å². The molecule has 1 fully saturated rings. The molecule has 2 aromatic carbocycles. The second-order valence-corrected chi connectivity index (χ2v) is 8.15. The summed E-state index contributed by atoms with van der Waals surface area (Å²) in [7, 11) is 0. The van der Waals surface area contributed by atoms with Gasteiger partial charge in [0.15, 0.2) is 11.6 Å². The molecule has 1 amide bonds. The Hall–Kier alpha value is -3.13. The van der Waals surface area contributed by atoms with Crippen LogP contribution in [0.4, 0.5) is 13.2 Å². The molecule has 0 unspecified atom stereocenters. The van der Waals surface area contributed by atoms with E-state index < -0.39 is 23.4 Å². The number of halogens is 4. The predicted molar refractivity (Wildman–Crippen MR) is 116 cm³/mol. The molecular formula is C23H20ClF3N4O. The minimum absolute atomic E-state index is 0.0114. The minimum Gasteiger partial charge on any atom is -0.310 e. The highest BCUT2D eigenvalue weighted by Gasteiger charge is 2.18. The average molecular weight is 461 g/mol. The zero-order valence-corrected chi connectivity index (χ0v) is 17.7. The molecule has 0 radical (unpaired) electrons. The lowest BCUT2D eigenvalue weighted by atomic mass is 10.1. The maximum absolute atomic E-state index is 13.7. The SMILES string of the molecule is O=C(NC(Cc1cc(-c2cc(F)cc(Cl)c2)n[nH]1)=NC1CCCC1)c1ccc(F)c(F)c1. The monoisotopic (exact) mass is 460 g/mol. The van der Waals surface area contributed by atoms with Crippen LogP contribution in [0.2, 0.25) is 5.02 Å². The van der Waals surface area contributed by atoms with E-state index in [-0.39, 0.29) is 23.0 Å². The van der Waals surface area contributed by atoms with Crippen molar-refractivity contribution < 1.29 is 18.0 Å². The topological polar surface area (TPSA) is 70.1 Å². The van der Waals surface area contributed by atoms with E-state index in [1.54, 1.807) is 12.1 Å². The number of amidine groups is 1. The number of amides is 1. The Kier molecular flexibility index (Phi) is 6.60. The van der Waals surface area contributed by atoms with E-state index in [1.807, 2.05) is 0 Å². The van der Waals surface area contributed by atoms with Crippen molar-refractivity contribution in [1.82, 2.24) is 15.5 Å². The standard InChI is InChI=1S/C23H20ClF3N4O/c24-15-7-14(8-16(25)10-15)21-11-18(30-31-21)12-22(28-17-3-1-2-4-17)29-23(32)13-5-6-19(26)20(27)9-13/h5-11,17H,1-4,12H2,(H,30,31)(H,28,29,32). The van der Waals surface area contributed by atoms with Gasteiger partial charge in [0.25, 0.3) is 5.91 Å². The maximum atomic E-state index is 13.7. The van der Waals surface area contributed by atoms with Crippen molar-refractivity contribution in [2.24, 2.45) is 4.99 Å². The molecule has 0 spiro atoms. The fourth-order valence-corrected chi connectivity index (χ4v) is 3.92. The van der Waals surface area contributed by atoms with Gasteiger partial charge in [0.1, 0.15) is 11.7 Å². The third-order valence-corrected chi connectivity index (χ3v) is 5.47. The molecule has 2 N–H and O–H groups in total. The molecule has 3 aromatic rings. The Labute approximate surface area is 187 Å². The van der Waals surface area contributed by atoms with Crippen LogP contribution < -0.4 is 5.32 Å². The number of H-pyrrole nitrogens is 1. The summed E-state index contributed by atoms with van der Waals surface area (Å²) in [5, 5.41) is 10.0. The van der Waals surface area contributed by atoms with Gasteiger partial charge in [0.05, 0.1) is 11.7 Å². The largest absolute Gasteiger partial charge is 0.310 e. The number of carbonyl (C=O) groups is 1. The Morgan fingerprint density at radius 3 is 2.59 bits per heavy atom. The molecule has 1 saturated carbocycles. The van der Waals surface area contributed by atoms with Crippen molar-refractivity contribution in [2.75, 3.05) is 0 Å². The minimum atomic E-state index is -1.10. The second-order valence-electron chi connectivity index (χ2n) is 7.71. The van der Waals surface area contributed by atoms with Crippen molar-refractivity contribution in [3.8, 4) is 11.3 Å². The summed E-state index contributed by atoms with van der Waals surface area (Å²) in [6.45, 7) is 0. The van der Waals surface area contributed by atoms with Gasteiger partial charge in [-0.1, -0.05) is 24.4 Å². The molecule has 0 aliphatic heterocycles. The van der Waals surface area contributed by atoms with E-state index >= 15 is 0 Å². The van der Waals surface area contributed by atoms with E-state index in [0.717, 1.165) is 37.8 Å². The molecule has 4 rings (SSSR count). The van der Waals surface area contributed by atoms with Crippen LogP contribution in [0, 0.1) is 17.5 Å². The van der Waals surface area contributed by atoms with E-state index in [1.165, 1.54) is 18.2 Å². The van der Waals surface area contributed by atoms with Gasteiger partial charge >= 0.3 is 0 Å². The average Bonchev–Trinajstić information content (AvgIpc) is 3.41. The lowest BCUT2D eigenvalue weighted by molar-refractivity contribution is 0.0975. The van der Waals surface area contributed by atoms with Crippen molar-refractivity contribution in [3.63, 3.8) is 0 Å². The van der Waals surface area contributed by atoms with Crippen LogP contribution in [0.1, 0.15) is 41.7 Å². The number of nitrogens with one attached hydrogen (secondary N) is 2. The Morgan fingerprint density at radius 1 is 1.09 bits per heavy atom. The maximum Gasteiger partial charge on any atom is 0.256 e. The third kappa shape index (κ3) is 5.37. The van der Waals surface area contributed by atoms with Crippen molar-refractivity contribution in [1.29, 1.82) is 0 Å². The smallest absolute Gasteiger partial charge is 0.256 e. The van der Waals surface area contributed by atoms with Gasteiger partial charge in [0.2, 0.25) is 0 Å². The molecular weight excluding hydrogens is 441 g/mol. The first-order valence-corrected chi connectivity index (χ1v) is 10.6. The lowest BCUT2D eigenvalue weighted by Gasteiger charge is -2.11. The number of aromatic amines is 1. The molecule has 0 saturated heterocycles. The first kappa shape index (κ1) is 22.1. The van der Waals surface area contributed by atoms with Crippen LogP contribution >= 0.6 is 11.6 Å². The molecule has 0 atom stereocenters. The molecule has 9 heteroatoms. The van der Waals surface area contributed by atoms with Gasteiger partial charge in [-0.15, -0.1) is 0 Å². The summed E-state index contributed by atoms with van der Waals surface area (Å²) in [6, 6.07) is 8.90. The van der Waals surface area contributed by atoms with Crippen LogP contribution in [0.5, 0.6) is 0 Å². The second kappa shape index (κ2) is 9.56. The van der Waals surface area contributed by atoms with E-state index in [2.05, 4.69) is 20.5 Å². The Morgan fingerprint density at radius 2 is 1.88 bits per heavy atom. The quantitative estimate of drug-likeness (QED) is 0.392. The Bertz CT molecular complexity index is 1150. The highest BCUT2D eigenvalue weighted by molar-refractivity contribution is 6.30. The highest BCUT2D eigenvalue weighted by atomic mass is 35.5. The predicted octanol–water partition coefficient (Wildman–Crippen LogP) is 5.46. The zero-order valence-electron chi connectivity index (χ0n) is 17.0. The number of hydrogen-bond acceptors (Lipinski definition) is 3. The van der Waals surface area contributed by atoms with E-state index in [9.17, 15) is 18.0 Å². The number of benzene rings is 2. The Balaban J connectivity index is 1.55. The third-order valence-electron chi connectivity index (χ3n) is 5.25. The number of carbonyl (C=O) groups excluding carboxylic acids is 1.